The molecule has 0 aliphatic carbocycles. The molecule has 2 aromatic heterocycles. The van der Waals surface area contributed by atoms with Crippen molar-refractivity contribution in [1.29, 1.82) is 0 Å². The Bertz CT molecular complexity index is 1020. The van der Waals surface area contributed by atoms with Gasteiger partial charge in [-0.1, -0.05) is 12.1 Å². The number of H-pyrrole nitrogens is 1. The highest BCUT2D eigenvalue weighted by atomic mass is 16.5. The van der Waals surface area contributed by atoms with Crippen LogP contribution in [0.1, 0.15) is 43.6 Å². The maximum atomic E-state index is 12.4. The second-order valence-corrected chi connectivity index (χ2v) is 7.62. The second kappa shape index (κ2) is 6.26. The molecule has 1 aliphatic heterocycles. The van der Waals surface area contributed by atoms with Crippen LogP contribution in [0.4, 0.5) is 0 Å². The molecule has 0 saturated heterocycles. The number of carbonyl (C=O) groups is 1. The van der Waals surface area contributed by atoms with Crippen molar-refractivity contribution < 1.29 is 14.3 Å². The van der Waals surface area contributed by atoms with Crippen molar-refractivity contribution in [1.82, 2.24) is 20.3 Å². The first-order chi connectivity index (χ1) is 12.8. The molecule has 0 saturated carbocycles. The molecule has 0 atom stereocenters. The topological polar surface area (TPSA) is 89.1 Å². The maximum absolute atomic E-state index is 12.4. The molecule has 1 amide bonds. The number of hydrogen-bond donors (Lipinski definition) is 2. The van der Waals surface area contributed by atoms with Crippen molar-refractivity contribution in [3.05, 3.63) is 41.7 Å². The van der Waals surface area contributed by atoms with E-state index in [-0.39, 0.29) is 17.6 Å². The quantitative estimate of drug-likeness (QED) is 0.736. The average molecular weight is 366 g/mol. The lowest BCUT2D eigenvalue weighted by Gasteiger charge is -2.18. The van der Waals surface area contributed by atoms with Crippen LogP contribution >= 0.6 is 0 Å². The highest BCUT2D eigenvalue weighted by Crippen LogP contribution is 2.43. The van der Waals surface area contributed by atoms with Gasteiger partial charge in [-0.3, -0.25) is 4.79 Å². The number of rotatable bonds is 4. The van der Waals surface area contributed by atoms with Gasteiger partial charge in [-0.15, -0.1) is 0 Å². The number of hydrogen-bond acceptors (Lipinski definition) is 5. The fraction of sp³-hybridized carbons (Fsp3) is 0.350. The van der Waals surface area contributed by atoms with Gasteiger partial charge >= 0.3 is 0 Å². The van der Waals surface area contributed by atoms with E-state index in [2.05, 4.69) is 20.3 Å². The first kappa shape index (κ1) is 17.3. The molecule has 0 fully saturated rings. The Morgan fingerprint density at radius 3 is 2.96 bits per heavy atom. The van der Waals surface area contributed by atoms with Crippen LogP contribution in [-0.2, 0) is 6.42 Å². The largest absolute Gasteiger partial charge is 0.483 e. The first-order valence-electron chi connectivity index (χ1n) is 8.96. The van der Waals surface area contributed by atoms with Crippen LogP contribution in [0.5, 0.6) is 17.4 Å². The van der Waals surface area contributed by atoms with E-state index in [1.807, 2.05) is 45.9 Å². The van der Waals surface area contributed by atoms with Gasteiger partial charge in [-0.25, -0.2) is 9.97 Å². The van der Waals surface area contributed by atoms with Crippen LogP contribution in [0.3, 0.4) is 0 Å². The van der Waals surface area contributed by atoms with Crippen LogP contribution in [0, 0.1) is 0 Å². The van der Waals surface area contributed by atoms with Gasteiger partial charge in [0.2, 0.25) is 5.88 Å². The number of nitrogens with zero attached hydrogens (tertiary/aromatic N) is 2. The molecule has 0 bridgehead atoms. The van der Waals surface area contributed by atoms with E-state index < -0.39 is 0 Å². The summed E-state index contributed by atoms with van der Waals surface area (Å²) in [5.41, 5.74) is 2.28. The van der Waals surface area contributed by atoms with E-state index in [0.29, 0.717) is 28.4 Å². The number of benzene rings is 1. The molecular weight excluding hydrogens is 344 g/mol. The summed E-state index contributed by atoms with van der Waals surface area (Å²) in [6.45, 7) is 7.90. The van der Waals surface area contributed by atoms with Crippen molar-refractivity contribution >= 4 is 17.1 Å². The third-order valence-electron chi connectivity index (χ3n) is 4.29. The molecule has 140 valence electrons. The minimum Gasteiger partial charge on any atom is -0.483 e. The molecule has 1 aliphatic rings. The summed E-state index contributed by atoms with van der Waals surface area (Å²) in [5.74, 6) is 1.43. The van der Waals surface area contributed by atoms with Crippen LogP contribution in [0.2, 0.25) is 0 Å². The second-order valence-electron chi connectivity index (χ2n) is 7.62. The van der Waals surface area contributed by atoms with Crippen molar-refractivity contribution in [3.63, 3.8) is 0 Å². The van der Waals surface area contributed by atoms with Crippen LogP contribution in [0.15, 0.2) is 30.6 Å². The van der Waals surface area contributed by atoms with Crippen LogP contribution in [0.25, 0.3) is 11.2 Å². The lowest BCUT2D eigenvalue weighted by Crippen LogP contribution is -2.29. The number of aromatic amines is 1. The lowest BCUT2D eigenvalue weighted by atomic mass is 10.0. The fourth-order valence-electron chi connectivity index (χ4n) is 3.22. The monoisotopic (exact) mass is 366 g/mol. The van der Waals surface area contributed by atoms with Gasteiger partial charge in [-0.05, 0) is 33.8 Å². The normalized spacial score (nSPS) is 14.9. The maximum Gasteiger partial charge on any atom is 0.255 e. The summed E-state index contributed by atoms with van der Waals surface area (Å²) in [6, 6.07) is 5.84. The van der Waals surface area contributed by atoms with Gasteiger partial charge < -0.3 is 19.8 Å². The van der Waals surface area contributed by atoms with E-state index in [4.69, 9.17) is 9.47 Å². The number of aromatic nitrogens is 3. The van der Waals surface area contributed by atoms with E-state index in [1.165, 1.54) is 6.20 Å². The Morgan fingerprint density at radius 2 is 2.19 bits per heavy atom. The molecule has 3 heterocycles. The van der Waals surface area contributed by atoms with E-state index >= 15 is 0 Å². The lowest BCUT2D eigenvalue weighted by molar-refractivity contribution is 0.0944. The number of carbonyl (C=O) groups excluding carboxylic acids is 1. The number of fused-ring (bicyclic) bond motifs is 2. The highest BCUT2D eigenvalue weighted by molar-refractivity contribution is 6.04. The summed E-state index contributed by atoms with van der Waals surface area (Å²) in [4.78, 5) is 24.1. The Hall–Kier alpha value is -3.09. The zero-order chi connectivity index (χ0) is 19.2. The smallest absolute Gasteiger partial charge is 0.255 e. The molecule has 27 heavy (non-hydrogen) atoms. The number of para-hydroxylation sites is 1. The van der Waals surface area contributed by atoms with Crippen LogP contribution < -0.4 is 14.8 Å². The number of nitrogens with one attached hydrogen (secondary N) is 2. The molecule has 3 aromatic rings. The summed E-state index contributed by atoms with van der Waals surface area (Å²) >= 11 is 0. The van der Waals surface area contributed by atoms with Crippen molar-refractivity contribution in [2.75, 3.05) is 0 Å². The molecule has 7 heteroatoms. The zero-order valence-electron chi connectivity index (χ0n) is 15.8. The van der Waals surface area contributed by atoms with Crippen molar-refractivity contribution in [3.8, 4) is 17.4 Å². The Morgan fingerprint density at radius 1 is 1.37 bits per heavy atom. The van der Waals surface area contributed by atoms with Gasteiger partial charge in [0.05, 0.1) is 11.8 Å². The van der Waals surface area contributed by atoms with Gasteiger partial charge in [0.25, 0.3) is 5.91 Å². The van der Waals surface area contributed by atoms with E-state index in [0.717, 1.165) is 17.7 Å². The van der Waals surface area contributed by atoms with Gasteiger partial charge in [-0.2, -0.15) is 0 Å². The summed E-state index contributed by atoms with van der Waals surface area (Å²) in [5, 5.41) is 2.86. The number of amides is 1. The third kappa shape index (κ3) is 3.32. The fourth-order valence-corrected chi connectivity index (χ4v) is 3.22. The van der Waals surface area contributed by atoms with Gasteiger partial charge in [0.1, 0.15) is 11.1 Å². The first-order valence-corrected chi connectivity index (χ1v) is 8.96. The minimum atomic E-state index is -0.264. The summed E-state index contributed by atoms with van der Waals surface area (Å²) in [7, 11) is 0. The minimum absolute atomic E-state index is 0.0299. The standard InChI is InChI=1S/C20H22N4O3/c1-11(2)23-19(25)13-9-21-18-16(13)24-15(10-22-18)26-14-7-5-6-12-8-20(3,4)27-17(12)14/h5-7,9-11H,8H2,1-4H3,(H,21,22)(H,23,25). The molecular formula is C20H22N4O3. The Kier molecular flexibility index (Phi) is 4.02. The summed E-state index contributed by atoms with van der Waals surface area (Å²) < 4.78 is 12.0. The van der Waals surface area contributed by atoms with Crippen molar-refractivity contribution in [2.45, 2.75) is 45.8 Å². The molecule has 0 unspecified atom stereocenters. The molecule has 4 rings (SSSR count). The third-order valence-corrected chi connectivity index (χ3v) is 4.29. The SMILES string of the molecule is CC(C)NC(=O)c1c[nH]c2ncc(Oc3cccc4c3OC(C)(C)C4)nc12. The van der Waals surface area contributed by atoms with Crippen LogP contribution in [-0.4, -0.2) is 32.5 Å². The predicted octanol–water partition coefficient (Wildman–Crippen LogP) is 3.60. The van der Waals surface area contributed by atoms with Gasteiger partial charge in [0, 0.05) is 24.2 Å². The Balaban J connectivity index is 1.67. The molecule has 7 nitrogen and oxygen atoms in total. The van der Waals surface area contributed by atoms with Crippen molar-refractivity contribution in [2.24, 2.45) is 0 Å². The molecule has 2 N–H and O–H groups in total. The van der Waals surface area contributed by atoms with E-state index in [9.17, 15) is 4.79 Å². The molecule has 0 radical (unpaired) electrons. The average Bonchev–Trinajstić information content (AvgIpc) is 3.13. The Labute approximate surface area is 157 Å². The molecule has 1 aromatic carbocycles. The molecule has 0 spiro atoms. The zero-order valence-corrected chi connectivity index (χ0v) is 15.8. The predicted molar refractivity (Wildman–Crippen MR) is 101 cm³/mol. The number of ether oxygens (including phenoxy) is 2. The summed E-state index contributed by atoms with van der Waals surface area (Å²) in [6.07, 6.45) is 3.96. The van der Waals surface area contributed by atoms with E-state index in [1.54, 1.807) is 6.20 Å². The highest BCUT2D eigenvalue weighted by Gasteiger charge is 2.32. The van der Waals surface area contributed by atoms with Gasteiger partial charge in [0.15, 0.2) is 17.1 Å².